The minimum absolute atomic E-state index is 0.107. The van der Waals surface area contributed by atoms with Gasteiger partial charge in [0.25, 0.3) is 0 Å². The van der Waals surface area contributed by atoms with Crippen LogP contribution in [0.3, 0.4) is 0 Å². The van der Waals surface area contributed by atoms with Crippen molar-refractivity contribution in [1.82, 2.24) is 4.98 Å². The summed E-state index contributed by atoms with van der Waals surface area (Å²) in [5.41, 5.74) is 11.6. The van der Waals surface area contributed by atoms with Gasteiger partial charge in [0.2, 0.25) is 0 Å². The van der Waals surface area contributed by atoms with E-state index in [0.717, 1.165) is 39.0 Å². The third kappa shape index (κ3) is 1.93. The predicted octanol–water partition coefficient (Wildman–Crippen LogP) is 6.76. The summed E-state index contributed by atoms with van der Waals surface area (Å²) in [7, 11) is 0. The third-order valence-electron chi connectivity index (χ3n) is 6.36. The van der Waals surface area contributed by atoms with Crippen molar-refractivity contribution in [2.24, 2.45) is 0 Å². The lowest BCUT2D eigenvalue weighted by atomic mass is 9.98. The fourth-order valence-electron chi connectivity index (χ4n) is 5.01. The van der Waals surface area contributed by atoms with Crippen LogP contribution in [0.2, 0.25) is 0 Å². The van der Waals surface area contributed by atoms with Crippen molar-refractivity contribution in [3.63, 3.8) is 0 Å². The number of rotatable bonds is 1. The summed E-state index contributed by atoms with van der Waals surface area (Å²) in [6.07, 6.45) is 0. The molecular formula is C28H15NO. The molecule has 1 heterocycles. The second-order valence-corrected chi connectivity index (χ2v) is 7.94. The fraction of sp³-hybridized carbons (Fsp3) is 0. The van der Waals surface area contributed by atoms with Crippen LogP contribution in [-0.4, -0.2) is 10.8 Å². The Morgan fingerprint density at radius 1 is 0.500 bits per heavy atom. The smallest absolute Gasteiger partial charge is 0.194 e. The fourth-order valence-corrected chi connectivity index (χ4v) is 5.01. The van der Waals surface area contributed by atoms with Gasteiger partial charge in [0.15, 0.2) is 5.78 Å². The highest BCUT2D eigenvalue weighted by molar-refractivity contribution is 6.22. The molecule has 7 rings (SSSR count). The van der Waals surface area contributed by atoms with E-state index in [1.165, 1.54) is 27.6 Å². The number of hydrogen-bond acceptors (Lipinski definition) is 2. The van der Waals surface area contributed by atoms with Crippen molar-refractivity contribution < 1.29 is 4.79 Å². The van der Waals surface area contributed by atoms with Crippen LogP contribution in [0.25, 0.3) is 55.5 Å². The van der Waals surface area contributed by atoms with Gasteiger partial charge in [-0.25, -0.2) is 4.98 Å². The number of nitrogens with zero attached hydrogens (tertiary/aromatic N) is 1. The Hall–Kier alpha value is -4.04. The van der Waals surface area contributed by atoms with Crippen molar-refractivity contribution in [3.8, 4) is 44.6 Å². The highest BCUT2D eigenvalue weighted by atomic mass is 16.1. The van der Waals surface area contributed by atoms with E-state index in [9.17, 15) is 4.79 Å². The molecule has 5 aromatic rings. The molecule has 4 aromatic carbocycles. The zero-order chi connectivity index (χ0) is 19.8. The average molecular weight is 381 g/mol. The molecule has 0 unspecified atom stereocenters. The normalized spacial score (nSPS) is 12.7. The van der Waals surface area contributed by atoms with Gasteiger partial charge in [-0.3, -0.25) is 4.79 Å². The molecular weight excluding hydrogens is 366 g/mol. The first-order valence-electron chi connectivity index (χ1n) is 10.1. The number of ketones is 1. The van der Waals surface area contributed by atoms with E-state index in [0.29, 0.717) is 0 Å². The number of hydrogen-bond donors (Lipinski definition) is 0. The quantitative estimate of drug-likeness (QED) is 0.314. The Bertz CT molecular complexity index is 1560. The third-order valence-corrected chi connectivity index (χ3v) is 6.36. The molecule has 138 valence electrons. The zero-order valence-corrected chi connectivity index (χ0v) is 16.0. The van der Waals surface area contributed by atoms with E-state index in [4.69, 9.17) is 4.98 Å². The second-order valence-electron chi connectivity index (χ2n) is 7.94. The van der Waals surface area contributed by atoms with Gasteiger partial charge >= 0.3 is 0 Å². The highest BCUT2D eigenvalue weighted by Gasteiger charge is 2.27. The SMILES string of the molecule is O=C1c2ccccc2-c2cc(-c3cc4c5c(cccc5n3)-c3ccccc3-4)ccc21. The maximum atomic E-state index is 12.7. The van der Waals surface area contributed by atoms with E-state index in [1.54, 1.807) is 0 Å². The van der Waals surface area contributed by atoms with Crippen molar-refractivity contribution in [3.05, 3.63) is 102 Å². The first-order chi connectivity index (χ1) is 14.8. The molecule has 0 amide bonds. The first-order valence-corrected chi connectivity index (χ1v) is 10.1. The molecule has 1 aromatic heterocycles. The summed E-state index contributed by atoms with van der Waals surface area (Å²) in [6, 6.07) is 31.0. The zero-order valence-electron chi connectivity index (χ0n) is 16.0. The number of carbonyl (C=O) groups is 1. The number of carbonyl (C=O) groups excluding carboxylic acids is 1. The Labute approximate surface area is 173 Å². The summed E-state index contributed by atoms with van der Waals surface area (Å²) >= 11 is 0. The molecule has 2 heteroatoms. The van der Waals surface area contributed by atoms with Gasteiger partial charge in [0.05, 0.1) is 11.2 Å². The summed E-state index contributed by atoms with van der Waals surface area (Å²) in [4.78, 5) is 17.7. The Morgan fingerprint density at radius 2 is 1.13 bits per heavy atom. The van der Waals surface area contributed by atoms with E-state index >= 15 is 0 Å². The molecule has 0 aliphatic heterocycles. The molecule has 2 aliphatic carbocycles. The minimum atomic E-state index is 0.107. The van der Waals surface area contributed by atoms with Crippen LogP contribution >= 0.6 is 0 Å². The predicted molar refractivity (Wildman–Crippen MR) is 120 cm³/mol. The molecule has 0 radical (unpaired) electrons. The van der Waals surface area contributed by atoms with Gasteiger partial charge in [0.1, 0.15) is 0 Å². The number of pyridine rings is 1. The van der Waals surface area contributed by atoms with Gasteiger partial charge < -0.3 is 0 Å². The molecule has 0 spiro atoms. The van der Waals surface area contributed by atoms with E-state index in [-0.39, 0.29) is 5.78 Å². The molecule has 2 nitrogen and oxygen atoms in total. The van der Waals surface area contributed by atoms with Gasteiger partial charge in [-0.15, -0.1) is 0 Å². The van der Waals surface area contributed by atoms with E-state index in [1.807, 2.05) is 36.4 Å². The number of fused-ring (bicyclic) bond motifs is 6. The highest BCUT2D eigenvalue weighted by Crippen LogP contribution is 2.48. The van der Waals surface area contributed by atoms with Gasteiger partial charge in [-0.05, 0) is 57.6 Å². The Kier molecular flexibility index (Phi) is 2.91. The van der Waals surface area contributed by atoms with Crippen molar-refractivity contribution >= 4 is 16.7 Å². The van der Waals surface area contributed by atoms with Crippen LogP contribution in [0.1, 0.15) is 15.9 Å². The van der Waals surface area contributed by atoms with Gasteiger partial charge in [0, 0.05) is 22.1 Å². The van der Waals surface area contributed by atoms with Crippen LogP contribution in [0.15, 0.2) is 91.0 Å². The van der Waals surface area contributed by atoms with Gasteiger partial charge in [-0.2, -0.15) is 0 Å². The molecule has 0 bridgehead atoms. The summed E-state index contributed by atoms with van der Waals surface area (Å²) in [5, 5.41) is 1.23. The van der Waals surface area contributed by atoms with Crippen molar-refractivity contribution in [1.29, 1.82) is 0 Å². The number of aromatic nitrogens is 1. The standard InChI is InChI=1S/C28H15NO/c30-28-21-9-4-3-8-19(21)23-14-16(12-13-22(23)28)26-15-24-18-7-2-1-6-17(18)20-10-5-11-25(29-26)27(20)24/h1-15H. The molecule has 0 N–H and O–H groups in total. The molecule has 30 heavy (non-hydrogen) atoms. The topological polar surface area (TPSA) is 30.0 Å². The molecule has 2 aliphatic rings. The maximum absolute atomic E-state index is 12.7. The summed E-state index contributed by atoms with van der Waals surface area (Å²) in [6.45, 7) is 0. The van der Waals surface area contributed by atoms with E-state index < -0.39 is 0 Å². The van der Waals surface area contributed by atoms with Crippen LogP contribution in [0, 0.1) is 0 Å². The second kappa shape index (κ2) is 5.52. The Morgan fingerprint density at radius 3 is 1.93 bits per heavy atom. The number of benzene rings is 4. The van der Waals surface area contributed by atoms with E-state index in [2.05, 4.69) is 54.6 Å². The Balaban J connectivity index is 1.49. The summed E-state index contributed by atoms with van der Waals surface area (Å²) < 4.78 is 0. The largest absolute Gasteiger partial charge is 0.289 e. The molecule has 0 saturated carbocycles. The van der Waals surface area contributed by atoms with Crippen molar-refractivity contribution in [2.45, 2.75) is 0 Å². The minimum Gasteiger partial charge on any atom is -0.289 e. The summed E-state index contributed by atoms with van der Waals surface area (Å²) in [5.74, 6) is 0.107. The lowest BCUT2D eigenvalue weighted by Crippen LogP contribution is -1.94. The monoisotopic (exact) mass is 381 g/mol. The van der Waals surface area contributed by atoms with Crippen LogP contribution in [0.5, 0.6) is 0 Å². The average Bonchev–Trinajstić information content (AvgIpc) is 3.28. The molecule has 0 fully saturated rings. The lowest BCUT2D eigenvalue weighted by molar-refractivity contribution is 0.104. The van der Waals surface area contributed by atoms with Crippen LogP contribution in [0.4, 0.5) is 0 Å². The first kappa shape index (κ1) is 15.8. The molecule has 0 saturated heterocycles. The molecule has 0 atom stereocenters. The van der Waals surface area contributed by atoms with Crippen LogP contribution in [-0.2, 0) is 0 Å². The van der Waals surface area contributed by atoms with Crippen LogP contribution < -0.4 is 0 Å². The van der Waals surface area contributed by atoms with Crippen molar-refractivity contribution in [2.75, 3.05) is 0 Å². The lowest BCUT2D eigenvalue weighted by Gasteiger charge is -2.09. The van der Waals surface area contributed by atoms with Gasteiger partial charge in [-0.1, -0.05) is 66.7 Å². The maximum Gasteiger partial charge on any atom is 0.194 e.